The molecular formula is C13H20N6S. The number of nitrogens with one attached hydrogen (secondary N) is 1. The van der Waals surface area contributed by atoms with Crippen LogP contribution >= 0.6 is 11.3 Å². The largest absolute Gasteiger partial charge is 0.354 e. The van der Waals surface area contributed by atoms with Crippen LogP contribution in [-0.4, -0.2) is 22.0 Å². The Bertz CT molecular complexity index is 568. The van der Waals surface area contributed by atoms with Gasteiger partial charge >= 0.3 is 0 Å². The van der Waals surface area contributed by atoms with Crippen molar-refractivity contribution in [1.29, 1.82) is 0 Å². The first-order valence-corrected chi connectivity index (χ1v) is 7.46. The number of anilines is 2. The Morgan fingerprint density at radius 1 is 1.40 bits per heavy atom. The fraction of sp³-hybridized carbons (Fsp3) is 0.462. The van der Waals surface area contributed by atoms with Gasteiger partial charge in [0.25, 0.3) is 0 Å². The summed E-state index contributed by atoms with van der Waals surface area (Å²) in [6.07, 6.45) is 1.85. The van der Waals surface area contributed by atoms with Crippen molar-refractivity contribution in [2.75, 3.05) is 17.4 Å². The van der Waals surface area contributed by atoms with Crippen LogP contribution in [0, 0.1) is 6.92 Å². The van der Waals surface area contributed by atoms with Crippen molar-refractivity contribution < 1.29 is 0 Å². The van der Waals surface area contributed by atoms with E-state index in [0.29, 0.717) is 5.82 Å². The van der Waals surface area contributed by atoms with Crippen LogP contribution < -0.4 is 16.2 Å². The zero-order valence-electron chi connectivity index (χ0n) is 12.1. The quantitative estimate of drug-likeness (QED) is 0.627. The Balaban J connectivity index is 2.22. The number of nitrogen functional groups attached to an aromatic ring is 1. The lowest BCUT2D eigenvalue weighted by Gasteiger charge is -2.19. The number of thiazole rings is 1. The Morgan fingerprint density at radius 3 is 2.80 bits per heavy atom. The third-order valence-corrected chi connectivity index (χ3v) is 3.92. The summed E-state index contributed by atoms with van der Waals surface area (Å²) in [7, 11) is 2.01. The fourth-order valence-electron chi connectivity index (χ4n) is 1.86. The van der Waals surface area contributed by atoms with Crippen LogP contribution in [0.3, 0.4) is 0 Å². The molecule has 6 nitrogen and oxygen atoms in total. The van der Waals surface area contributed by atoms with Crippen LogP contribution in [-0.2, 0) is 13.0 Å². The van der Waals surface area contributed by atoms with Gasteiger partial charge in [-0.15, -0.1) is 11.3 Å². The number of nitrogens with zero attached hydrogens (tertiary/aromatic N) is 4. The van der Waals surface area contributed by atoms with E-state index >= 15 is 0 Å². The second kappa shape index (κ2) is 6.62. The number of hydrogen-bond donors (Lipinski definition) is 2. The van der Waals surface area contributed by atoms with Gasteiger partial charge in [0, 0.05) is 24.4 Å². The maximum Gasteiger partial charge on any atom is 0.145 e. The zero-order valence-corrected chi connectivity index (χ0v) is 12.9. The molecule has 0 atom stereocenters. The summed E-state index contributed by atoms with van der Waals surface area (Å²) in [6.45, 7) is 4.91. The van der Waals surface area contributed by atoms with Gasteiger partial charge in [0.2, 0.25) is 0 Å². The third kappa shape index (κ3) is 3.43. The van der Waals surface area contributed by atoms with Crippen molar-refractivity contribution in [2.45, 2.75) is 33.2 Å². The number of aromatic nitrogens is 3. The molecule has 0 fully saturated rings. The van der Waals surface area contributed by atoms with Gasteiger partial charge in [0.05, 0.1) is 17.7 Å². The van der Waals surface area contributed by atoms with Crippen molar-refractivity contribution in [3.8, 4) is 0 Å². The van der Waals surface area contributed by atoms with Crippen LogP contribution in [0.2, 0.25) is 0 Å². The lowest BCUT2D eigenvalue weighted by atomic mass is 10.3. The number of rotatable bonds is 6. The van der Waals surface area contributed by atoms with Crippen LogP contribution in [0.1, 0.15) is 29.7 Å². The van der Waals surface area contributed by atoms with Crippen LogP contribution in [0.25, 0.3) is 0 Å². The number of aryl methyl sites for hydroxylation is 2. The van der Waals surface area contributed by atoms with E-state index in [1.165, 1.54) is 4.88 Å². The Morgan fingerprint density at radius 2 is 2.20 bits per heavy atom. The highest BCUT2D eigenvalue weighted by molar-refractivity contribution is 7.09. The molecule has 7 heteroatoms. The van der Waals surface area contributed by atoms with E-state index < -0.39 is 0 Å². The van der Waals surface area contributed by atoms with Crippen molar-refractivity contribution in [3.63, 3.8) is 0 Å². The Kier molecular flexibility index (Phi) is 4.86. The molecule has 3 N–H and O–H groups in total. The summed E-state index contributed by atoms with van der Waals surface area (Å²) in [4.78, 5) is 16.5. The highest BCUT2D eigenvalue weighted by Gasteiger charge is 2.10. The molecule has 0 aliphatic heterocycles. The van der Waals surface area contributed by atoms with E-state index in [9.17, 15) is 0 Å². The molecule has 0 aromatic carbocycles. The summed E-state index contributed by atoms with van der Waals surface area (Å²) in [5.74, 6) is 7.80. The number of hydrogen-bond acceptors (Lipinski definition) is 7. The Labute approximate surface area is 123 Å². The van der Waals surface area contributed by atoms with Crippen molar-refractivity contribution >= 4 is 23.0 Å². The van der Waals surface area contributed by atoms with Gasteiger partial charge in [-0.25, -0.2) is 20.8 Å². The van der Waals surface area contributed by atoms with Gasteiger partial charge in [-0.2, -0.15) is 0 Å². The topological polar surface area (TPSA) is 80.0 Å². The minimum absolute atomic E-state index is 0.645. The van der Waals surface area contributed by atoms with E-state index in [1.54, 1.807) is 11.3 Å². The third-order valence-electron chi connectivity index (χ3n) is 3.00. The minimum Gasteiger partial charge on any atom is -0.354 e. The molecule has 0 unspecified atom stereocenters. The average Bonchev–Trinajstić information content (AvgIpc) is 2.84. The molecule has 20 heavy (non-hydrogen) atoms. The molecule has 2 heterocycles. The van der Waals surface area contributed by atoms with E-state index in [-0.39, 0.29) is 0 Å². The van der Waals surface area contributed by atoms with Crippen LogP contribution in [0.15, 0.2) is 11.6 Å². The maximum atomic E-state index is 5.48. The fourth-order valence-corrected chi connectivity index (χ4v) is 2.69. The molecule has 0 spiro atoms. The van der Waals surface area contributed by atoms with E-state index in [2.05, 4.69) is 32.2 Å². The zero-order chi connectivity index (χ0) is 14.5. The van der Waals surface area contributed by atoms with Gasteiger partial charge in [0.15, 0.2) is 0 Å². The lowest BCUT2D eigenvalue weighted by molar-refractivity contribution is 0.813. The summed E-state index contributed by atoms with van der Waals surface area (Å²) in [5.41, 5.74) is 5.54. The first kappa shape index (κ1) is 14.7. The molecule has 0 amide bonds. The van der Waals surface area contributed by atoms with Gasteiger partial charge in [0.1, 0.15) is 17.5 Å². The average molecular weight is 292 g/mol. The summed E-state index contributed by atoms with van der Waals surface area (Å²) >= 11 is 1.66. The highest BCUT2D eigenvalue weighted by atomic mass is 32.1. The maximum absolute atomic E-state index is 5.48. The normalized spacial score (nSPS) is 10.6. The molecule has 0 aliphatic rings. The second-order valence-corrected chi connectivity index (χ2v) is 5.58. The molecule has 0 aliphatic carbocycles. The predicted octanol–water partition coefficient (Wildman–Crippen LogP) is 2.12. The summed E-state index contributed by atoms with van der Waals surface area (Å²) in [5, 5.41) is 0. The van der Waals surface area contributed by atoms with Gasteiger partial charge < -0.3 is 10.3 Å². The first-order chi connectivity index (χ1) is 9.63. The molecule has 0 radical (unpaired) electrons. The van der Waals surface area contributed by atoms with Crippen LogP contribution in [0.4, 0.5) is 11.6 Å². The Hall–Kier alpha value is -1.73. The molecule has 108 valence electrons. The van der Waals surface area contributed by atoms with Gasteiger partial charge in [-0.1, -0.05) is 6.92 Å². The van der Waals surface area contributed by atoms with Gasteiger partial charge in [-0.05, 0) is 13.3 Å². The monoisotopic (exact) mass is 292 g/mol. The molecule has 2 rings (SSSR count). The molecule has 2 aromatic rings. The minimum atomic E-state index is 0.645. The molecule has 2 aromatic heterocycles. The van der Waals surface area contributed by atoms with Crippen molar-refractivity contribution in [2.24, 2.45) is 5.84 Å². The van der Waals surface area contributed by atoms with Crippen molar-refractivity contribution in [3.05, 3.63) is 28.0 Å². The standard InChI is InChI=1S/C13H20N6S/c1-4-5-11-16-12(18-14)6-13(17-11)19(3)7-10-9(2)15-8-20-10/h6,8H,4-5,7,14H2,1-3H3,(H,16,17,18). The number of nitrogens with two attached hydrogens (primary N) is 1. The molecule has 0 saturated heterocycles. The smallest absolute Gasteiger partial charge is 0.145 e. The first-order valence-electron chi connectivity index (χ1n) is 6.58. The van der Waals surface area contributed by atoms with E-state index in [1.807, 2.05) is 25.5 Å². The molecule has 0 bridgehead atoms. The second-order valence-electron chi connectivity index (χ2n) is 4.64. The van der Waals surface area contributed by atoms with Crippen LogP contribution in [0.5, 0.6) is 0 Å². The number of hydrazine groups is 1. The predicted molar refractivity (Wildman–Crippen MR) is 82.8 cm³/mol. The van der Waals surface area contributed by atoms with Crippen molar-refractivity contribution in [1.82, 2.24) is 15.0 Å². The van der Waals surface area contributed by atoms with E-state index in [4.69, 9.17) is 5.84 Å². The highest BCUT2D eigenvalue weighted by Crippen LogP contribution is 2.20. The molecular weight excluding hydrogens is 272 g/mol. The summed E-state index contributed by atoms with van der Waals surface area (Å²) < 4.78 is 0. The van der Waals surface area contributed by atoms with E-state index in [0.717, 1.165) is 36.7 Å². The molecule has 0 saturated carbocycles. The summed E-state index contributed by atoms with van der Waals surface area (Å²) in [6, 6.07) is 1.86. The van der Waals surface area contributed by atoms with Gasteiger partial charge in [-0.3, -0.25) is 0 Å². The lowest BCUT2D eigenvalue weighted by Crippen LogP contribution is -2.20. The SMILES string of the molecule is CCCc1nc(NN)cc(N(C)Cc2scnc2C)n1.